The second-order valence-corrected chi connectivity index (χ2v) is 5.74. The van der Waals surface area contributed by atoms with Crippen molar-refractivity contribution >= 4 is 5.91 Å². The second kappa shape index (κ2) is 5.67. The van der Waals surface area contributed by atoms with Crippen LogP contribution >= 0.6 is 0 Å². The monoisotopic (exact) mass is 300 g/mol. The zero-order valence-electron chi connectivity index (χ0n) is 11.8. The van der Waals surface area contributed by atoms with E-state index in [9.17, 15) is 18.0 Å². The molecule has 0 radical (unpaired) electrons. The predicted molar refractivity (Wildman–Crippen MR) is 73.4 cm³/mol. The van der Waals surface area contributed by atoms with Crippen LogP contribution in [0.4, 0.5) is 13.2 Å². The van der Waals surface area contributed by atoms with Gasteiger partial charge in [0, 0.05) is 12.5 Å². The molecule has 21 heavy (non-hydrogen) atoms. The van der Waals surface area contributed by atoms with E-state index in [1.165, 1.54) is 6.07 Å². The third-order valence-electron chi connectivity index (χ3n) is 3.84. The van der Waals surface area contributed by atoms with Crippen molar-refractivity contribution in [2.24, 2.45) is 5.73 Å². The van der Waals surface area contributed by atoms with Crippen LogP contribution in [0, 0.1) is 0 Å². The largest absolute Gasteiger partial charge is 0.416 e. The number of carbonyl (C=O) groups excluding carboxylic acids is 1. The molecule has 2 rings (SSSR count). The van der Waals surface area contributed by atoms with E-state index >= 15 is 0 Å². The van der Waals surface area contributed by atoms with Crippen LogP contribution in [-0.4, -0.2) is 11.9 Å². The summed E-state index contributed by atoms with van der Waals surface area (Å²) in [6, 6.07) is 4.92. The normalized spacial score (nSPS) is 18.7. The highest BCUT2D eigenvalue weighted by Crippen LogP contribution is 2.43. The molecular weight excluding hydrogens is 281 g/mol. The lowest BCUT2D eigenvalue weighted by molar-refractivity contribution is -0.137. The van der Waals surface area contributed by atoms with Gasteiger partial charge >= 0.3 is 6.18 Å². The van der Waals surface area contributed by atoms with Crippen LogP contribution < -0.4 is 11.1 Å². The summed E-state index contributed by atoms with van der Waals surface area (Å²) in [5.74, 6) is -0.220. The van der Waals surface area contributed by atoms with E-state index in [-0.39, 0.29) is 18.4 Å². The van der Waals surface area contributed by atoms with Gasteiger partial charge in [0.25, 0.3) is 0 Å². The van der Waals surface area contributed by atoms with Crippen molar-refractivity contribution < 1.29 is 18.0 Å². The molecular formula is C15H19F3N2O. The number of hydrogen-bond acceptors (Lipinski definition) is 2. The SMILES string of the molecule is CC(N)CC(=O)NC1(c2cccc(C(F)(F)F)c2)CCC1. The minimum atomic E-state index is -4.38. The van der Waals surface area contributed by atoms with Gasteiger partial charge < -0.3 is 11.1 Å². The standard InChI is InChI=1S/C15H19F3N2O/c1-10(19)8-13(21)20-14(6-3-7-14)11-4-2-5-12(9-11)15(16,17)18/h2,4-5,9-10H,3,6-8,19H2,1H3,(H,20,21). The van der Waals surface area contributed by atoms with E-state index in [2.05, 4.69) is 5.32 Å². The predicted octanol–water partition coefficient (Wildman–Crippen LogP) is 2.94. The molecule has 3 N–H and O–H groups in total. The van der Waals surface area contributed by atoms with E-state index in [0.717, 1.165) is 18.6 Å². The minimum Gasteiger partial charge on any atom is -0.347 e. The summed E-state index contributed by atoms with van der Waals surface area (Å²) in [6.07, 6.45) is -2.02. The topological polar surface area (TPSA) is 55.1 Å². The van der Waals surface area contributed by atoms with Crippen molar-refractivity contribution in [2.75, 3.05) is 0 Å². The van der Waals surface area contributed by atoms with E-state index in [1.807, 2.05) is 0 Å². The first kappa shape index (κ1) is 15.8. The number of carbonyl (C=O) groups is 1. The van der Waals surface area contributed by atoms with Gasteiger partial charge in [-0.25, -0.2) is 0 Å². The van der Waals surface area contributed by atoms with Crippen LogP contribution in [0.5, 0.6) is 0 Å². The van der Waals surface area contributed by atoms with Gasteiger partial charge in [0.1, 0.15) is 0 Å². The van der Waals surface area contributed by atoms with Crippen molar-refractivity contribution in [1.82, 2.24) is 5.32 Å². The molecule has 1 aliphatic carbocycles. The Morgan fingerprint density at radius 2 is 2.10 bits per heavy atom. The van der Waals surface area contributed by atoms with Crippen molar-refractivity contribution in [3.8, 4) is 0 Å². The molecule has 0 spiro atoms. The highest BCUT2D eigenvalue weighted by molar-refractivity contribution is 5.77. The number of nitrogens with one attached hydrogen (secondary N) is 1. The molecule has 0 bridgehead atoms. The quantitative estimate of drug-likeness (QED) is 0.898. The van der Waals surface area contributed by atoms with Gasteiger partial charge in [-0.3, -0.25) is 4.79 Å². The number of hydrogen-bond donors (Lipinski definition) is 2. The summed E-state index contributed by atoms with van der Waals surface area (Å²) in [7, 11) is 0. The highest BCUT2D eigenvalue weighted by atomic mass is 19.4. The first-order valence-corrected chi connectivity index (χ1v) is 6.97. The van der Waals surface area contributed by atoms with Crippen LogP contribution in [-0.2, 0) is 16.5 Å². The first-order valence-electron chi connectivity index (χ1n) is 6.97. The molecule has 0 saturated heterocycles. The summed E-state index contributed by atoms with van der Waals surface area (Å²) in [5, 5.41) is 2.87. The van der Waals surface area contributed by atoms with Gasteiger partial charge in [0.05, 0.1) is 11.1 Å². The maximum atomic E-state index is 12.8. The van der Waals surface area contributed by atoms with Gasteiger partial charge in [0.2, 0.25) is 5.91 Å². The Labute approximate surface area is 121 Å². The summed E-state index contributed by atoms with van der Waals surface area (Å²) in [5.41, 5.74) is 4.74. The van der Waals surface area contributed by atoms with Crippen LogP contribution in [0.15, 0.2) is 24.3 Å². The number of halogens is 3. The lowest BCUT2D eigenvalue weighted by atomic mass is 9.71. The number of rotatable bonds is 4. The Hall–Kier alpha value is -1.56. The van der Waals surface area contributed by atoms with Gasteiger partial charge in [-0.2, -0.15) is 13.2 Å². The fraction of sp³-hybridized carbons (Fsp3) is 0.533. The van der Waals surface area contributed by atoms with Crippen LogP contribution in [0.25, 0.3) is 0 Å². The molecule has 1 aromatic carbocycles. The van der Waals surface area contributed by atoms with Crippen LogP contribution in [0.3, 0.4) is 0 Å². The number of nitrogens with two attached hydrogens (primary N) is 1. The van der Waals surface area contributed by atoms with Gasteiger partial charge in [-0.1, -0.05) is 12.1 Å². The molecule has 1 fully saturated rings. The van der Waals surface area contributed by atoms with E-state index in [1.54, 1.807) is 13.0 Å². The molecule has 1 amide bonds. The fourth-order valence-electron chi connectivity index (χ4n) is 2.62. The molecule has 0 heterocycles. The lowest BCUT2D eigenvalue weighted by Crippen LogP contribution is -2.51. The van der Waals surface area contributed by atoms with Crippen LogP contribution in [0.1, 0.15) is 43.7 Å². The number of amides is 1. The minimum absolute atomic E-state index is 0.167. The van der Waals surface area contributed by atoms with Gasteiger partial charge in [-0.05, 0) is 43.9 Å². The molecule has 1 atom stereocenters. The van der Waals surface area contributed by atoms with Crippen molar-refractivity contribution in [2.45, 2.75) is 50.4 Å². The number of benzene rings is 1. The molecule has 1 aromatic rings. The molecule has 1 saturated carbocycles. The van der Waals surface area contributed by atoms with Crippen LogP contribution in [0.2, 0.25) is 0 Å². The third kappa shape index (κ3) is 3.56. The Balaban J connectivity index is 2.23. The van der Waals surface area contributed by atoms with E-state index in [0.29, 0.717) is 18.4 Å². The molecule has 1 aliphatic rings. The Kier molecular flexibility index (Phi) is 4.27. The van der Waals surface area contributed by atoms with Gasteiger partial charge in [-0.15, -0.1) is 0 Å². The third-order valence-corrected chi connectivity index (χ3v) is 3.84. The zero-order chi connectivity index (χ0) is 15.7. The lowest BCUT2D eigenvalue weighted by Gasteiger charge is -2.43. The molecule has 0 aromatic heterocycles. The second-order valence-electron chi connectivity index (χ2n) is 5.74. The zero-order valence-corrected chi connectivity index (χ0v) is 11.8. The van der Waals surface area contributed by atoms with Gasteiger partial charge in [0.15, 0.2) is 0 Å². The molecule has 116 valence electrons. The maximum absolute atomic E-state index is 12.8. The molecule has 1 unspecified atom stereocenters. The summed E-state index contributed by atoms with van der Waals surface area (Å²) >= 11 is 0. The first-order chi connectivity index (χ1) is 9.73. The molecule has 6 heteroatoms. The van der Waals surface area contributed by atoms with Crippen molar-refractivity contribution in [1.29, 1.82) is 0 Å². The summed E-state index contributed by atoms with van der Waals surface area (Å²) in [6.45, 7) is 1.72. The van der Waals surface area contributed by atoms with Crippen molar-refractivity contribution in [3.63, 3.8) is 0 Å². The van der Waals surface area contributed by atoms with E-state index in [4.69, 9.17) is 5.73 Å². The summed E-state index contributed by atoms with van der Waals surface area (Å²) < 4.78 is 38.4. The maximum Gasteiger partial charge on any atom is 0.416 e. The average molecular weight is 300 g/mol. The highest BCUT2D eigenvalue weighted by Gasteiger charge is 2.41. The smallest absolute Gasteiger partial charge is 0.347 e. The Morgan fingerprint density at radius 3 is 2.57 bits per heavy atom. The van der Waals surface area contributed by atoms with Crippen molar-refractivity contribution in [3.05, 3.63) is 35.4 Å². The molecule has 0 aliphatic heterocycles. The Morgan fingerprint density at radius 1 is 1.43 bits per heavy atom. The van der Waals surface area contributed by atoms with E-state index < -0.39 is 17.3 Å². The molecule has 3 nitrogen and oxygen atoms in total. The number of alkyl halides is 3. The Bertz CT molecular complexity index is 522. The summed E-state index contributed by atoms with van der Waals surface area (Å²) in [4.78, 5) is 11.9. The average Bonchev–Trinajstić information content (AvgIpc) is 2.32. The fourth-order valence-corrected chi connectivity index (χ4v) is 2.62.